The molecule has 0 atom stereocenters. The number of benzene rings is 2. The fourth-order valence-electron chi connectivity index (χ4n) is 1.50. The summed E-state index contributed by atoms with van der Waals surface area (Å²) in [4.78, 5) is 0. The van der Waals surface area contributed by atoms with Crippen molar-refractivity contribution >= 4 is 37.5 Å². The van der Waals surface area contributed by atoms with Crippen LogP contribution in [-0.2, 0) is 6.54 Å². The van der Waals surface area contributed by atoms with Crippen molar-refractivity contribution in [1.82, 2.24) is 0 Å². The average molecular weight is 395 g/mol. The van der Waals surface area contributed by atoms with E-state index in [1.807, 2.05) is 18.2 Å². The molecule has 0 spiro atoms. The predicted molar refractivity (Wildman–Crippen MR) is 75.5 cm³/mol. The first-order valence-corrected chi connectivity index (χ1v) is 6.88. The molecule has 6 heteroatoms. The molecule has 0 saturated carbocycles. The molecule has 0 saturated heterocycles. The van der Waals surface area contributed by atoms with Crippen LogP contribution in [0.1, 0.15) is 5.56 Å². The minimum Gasteiger partial charge on any atom is -0.379 e. The van der Waals surface area contributed by atoms with Crippen LogP contribution in [0, 0.1) is 17.5 Å². The molecule has 100 valence electrons. The monoisotopic (exact) mass is 393 g/mol. The van der Waals surface area contributed by atoms with Crippen LogP contribution in [0.4, 0.5) is 18.9 Å². The lowest BCUT2D eigenvalue weighted by atomic mass is 10.2. The second kappa shape index (κ2) is 5.96. The molecule has 0 unspecified atom stereocenters. The standard InChI is InChI=1S/C13H8Br2F3N/c14-8-2-1-7(3-9(8)15)6-19-13-5-11(17)10(16)4-12(13)18/h1-5,19H,6H2. The summed E-state index contributed by atoms with van der Waals surface area (Å²) < 4.78 is 40.9. The number of anilines is 1. The molecule has 0 heterocycles. The highest BCUT2D eigenvalue weighted by Gasteiger charge is 2.09. The number of halogens is 5. The third kappa shape index (κ3) is 3.51. The maximum Gasteiger partial charge on any atom is 0.161 e. The summed E-state index contributed by atoms with van der Waals surface area (Å²) in [6.07, 6.45) is 0. The first kappa shape index (κ1) is 14.4. The molecular weight excluding hydrogens is 387 g/mol. The number of nitrogens with one attached hydrogen (secondary N) is 1. The van der Waals surface area contributed by atoms with Crippen molar-refractivity contribution in [3.05, 3.63) is 62.3 Å². The second-order valence-corrected chi connectivity index (χ2v) is 5.56. The van der Waals surface area contributed by atoms with Gasteiger partial charge in [-0.2, -0.15) is 0 Å². The quantitative estimate of drug-likeness (QED) is 0.702. The topological polar surface area (TPSA) is 12.0 Å². The highest BCUT2D eigenvalue weighted by atomic mass is 79.9. The first-order chi connectivity index (χ1) is 8.97. The first-order valence-electron chi connectivity index (χ1n) is 5.29. The minimum absolute atomic E-state index is 0.0714. The van der Waals surface area contributed by atoms with Crippen LogP contribution in [0.25, 0.3) is 0 Å². The Kier molecular flexibility index (Phi) is 4.52. The summed E-state index contributed by atoms with van der Waals surface area (Å²) in [5.41, 5.74) is 0.803. The van der Waals surface area contributed by atoms with E-state index in [0.717, 1.165) is 20.6 Å². The molecule has 0 fully saturated rings. The Balaban J connectivity index is 2.14. The molecule has 19 heavy (non-hydrogen) atoms. The Morgan fingerprint density at radius 1 is 0.842 bits per heavy atom. The lowest BCUT2D eigenvalue weighted by Gasteiger charge is -2.09. The molecule has 0 aromatic heterocycles. The smallest absolute Gasteiger partial charge is 0.161 e. The van der Waals surface area contributed by atoms with E-state index in [0.29, 0.717) is 12.6 Å². The Morgan fingerprint density at radius 2 is 1.53 bits per heavy atom. The van der Waals surface area contributed by atoms with E-state index in [1.54, 1.807) is 0 Å². The zero-order valence-corrected chi connectivity index (χ0v) is 12.7. The number of hydrogen-bond acceptors (Lipinski definition) is 1. The predicted octanol–water partition coefficient (Wildman–Crippen LogP) is 5.24. The molecule has 2 aromatic rings. The van der Waals surface area contributed by atoms with Gasteiger partial charge in [0.15, 0.2) is 11.6 Å². The van der Waals surface area contributed by atoms with E-state index in [2.05, 4.69) is 37.2 Å². The van der Waals surface area contributed by atoms with E-state index >= 15 is 0 Å². The SMILES string of the molecule is Fc1cc(F)c(NCc2ccc(Br)c(Br)c2)cc1F. The van der Waals surface area contributed by atoms with Crippen molar-refractivity contribution in [2.45, 2.75) is 6.54 Å². The van der Waals surface area contributed by atoms with Crippen LogP contribution in [0.5, 0.6) is 0 Å². The normalized spacial score (nSPS) is 10.6. The van der Waals surface area contributed by atoms with Crippen molar-refractivity contribution in [2.75, 3.05) is 5.32 Å². The maximum absolute atomic E-state index is 13.4. The molecule has 1 N–H and O–H groups in total. The zero-order valence-electron chi connectivity index (χ0n) is 9.48. The molecule has 1 nitrogen and oxygen atoms in total. The van der Waals surface area contributed by atoms with Gasteiger partial charge in [-0.3, -0.25) is 0 Å². The van der Waals surface area contributed by atoms with E-state index in [9.17, 15) is 13.2 Å². The van der Waals surface area contributed by atoms with Gasteiger partial charge in [-0.15, -0.1) is 0 Å². The van der Waals surface area contributed by atoms with Crippen LogP contribution in [0.15, 0.2) is 39.3 Å². The van der Waals surface area contributed by atoms with Crippen LogP contribution >= 0.6 is 31.9 Å². The lowest BCUT2D eigenvalue weighted by Crippen LogP contribution is -2.03. The van der Waals surface area contributed by atoms with Gasteiger partial charge in [-0.05, 0) is 49.6 Å². The summed E-state index contributed by atoms with van der Waals surface area (Å²) in [5, 5.41) is 2.73. The van der Waals surface area contributed by atoms with Crippen molar-refractivity contribution in [1.29, 1.82) is 0 Å². The summed E-state index contributed by atoms with van der Waals surface area (Å²) >= 11 is 6.69. The van der Waals surface area contributed by atoms with Gasteiger partial charge >= 0.3 is 0 Å². The molecular formula is C13H8Br2F3N. The Hall–Kier alpha value is -1.01. The summed E-state index contributed by atoms with van der Waals surface area (Å²) in [7, 11) is 0. The summed E-state index contributed by atoms with van der Waals surface area (Å²) in [6.45, 7) is 0.299. The number of rotatable bonds is 3. The van der Waals surface area contributed by atoms with Gasteiger partial charge in [0.05, 0.1) is 5.69 Å². The molecule has 0 radical (unpaired) electrons. The highest BCUT2D eigenvalue weighted by Crippen LogP contribution is 2.25. The summed E-state index contributed by atoms with van der Waals surface area (Å²) in [6, 6.07) is 6.84. The van der Waals surface area contributed by atoms with Crippen molar-refractivity contribution in [3.63, 3.8) is 0 Å². The van der Waals surface area contributed by atoms with E-state index < -0.39 is 17.5 Å². The van der Waals surface area contributed by atoms with Crippen molar-refractivity contribution in [3.8, 4) is 0 Å². The van der Waals surface area contributed by atoms with Gasteiger partial charge in [0.1, 0.15) is 5.82 Å². The second-order valence-electron chi connectivity index (χ2n) is 3.85. The van der Waals surface area contributed by atoms with Gasteiger partial charge < -0.3 is 5.32 Å². The molecule has 2 rings (SSSR count). The zero-order chi connectivity index (χ0) is 14.0. The molecule has 0 aliphatic heterocycles. The van der Waals surface area contributed by atoms with E-state index in [1.165, 1.54) is 0 Å². The molecule has 0 bridgehead atoms. The maximum atomic E-state index is 13.4. The van der Waals surface area contributed by atoms with Crippen LogP contribution in [0.2, 0.25) is 0 Å². The average Bonchev–Trinajstić information content (AvgIpc) is 2.36. The largest absolute Gasteiger partial charge is 0.379 e. The van der Waals surface area contributed by atoms with Crippen LogP contribution in [-0.4, -0.2) is 0 Å². The van der Waals surface area contributed by atoms with Gasteiger partial charge in [0, 0.05) is 27.6 Å². The molecule has 0 aliphatic carbocycles. The fraction of sp³-hybridized carbons (Fsp3) is 0.0769. The van der Waals surface area contributed by atoms with Gasteiger partial charge in [0.2, 0.25) is 0 Å². The van der Waals surface area contributed by atoms with Gasteiger partial charge in [-0.25, -0.2) is 13.2 Å². The molecule has 2 aromatic carbocycles. The van der Waals surface area contributed by atoms with Gasteiger partial charge in [0.25, 0.3) is 0 Å². The Labute approximate surface area is 125 Å². The van der Waals surface area contributed by atoms with Crippen LogP contribution < -0.4 is 5.32 Å². The summed E-state index contributed by atoms with van der Waals surface area (Å²) in [5.74, 6) is -3.11. The Bertz CT molecular complexity index is 617. The van der Waals surface area contributed by atoms with Crippen molar-refractivity contribution < 1.29 is 13.2 Å². The van der Waals surface area contributed by atoms with Crippen molar-refractivity contribution in [2.24, 2.45) is 0 Å². The van der Waals surface area contributed by atoms with Crippen LogP contribution in [0.3, 0.4) is 0 Å². The Morgan fingerprint density at radius 3 is 2.21 bits per heavy atom. The number of hydrogen-bond donors (Lipinski definition) is 1. The third-order valence-electron chi connectivity index (χ3n) is 2.48. The highest BCUT2D eigenvalue weighted by molar-refractivity contribution is 9.13. The fourth-order valence-corrected chi connectivity index (χ4v) is 2.18. The van der Waals surface area contributed by atoms with Gasteiger partial charge in [-0.1, -0.05) is 6.07 Å². The molecule has 0 aliphatic rings. The van der Waals surface area contributed by atoms with E-state index in [-0.39, 0.29) is 5.69 Å². The third-order valence-corrected chi connectivity index (χ3v) is 4.36. The minimum atomic E-state index is -1.20. The van der Waals surface area contributed by atoms with E-state index in [4.69, 9.17) is 0 Å². The lowest BCUT2D eigenvalue weighted by molar-refractivity contribution is 0.496. The molecule has 0 amide bonds.